The molecule has 0 unspecified atom stereocenters. The Bertz CT molecular complexity index is 1660. The van der Waals surface area contributed by atoms with Crippen molar-refractivity contribution in [3.63, 3.8) is 0 Å². The zero-order chi connectivity index (χ0) is 28.4. The van der Waals surface area contributed by atoms with E-state index in [9.17, 15) is 14.0 Å². The highest BCUT2D eigenvalue weighted by Gasteiger charge is 2.25. The molecule has 1 saturated heterocycles. The van der Waals surface area contributed by atoms with Crippen molar-refractivity contribution in [2.75, 3.05) is 31.1 Å². The summed E-state index contributed by atoms with van der Waals surface area (Å²) in [4.78, 5) is 33.8. The van der Waals surface area contributed by atoms with Gasteiger partial charge in [-0.1, -0.05) is 32.9 Å². The summed E-state index contributed by atoms with van der Waals surface area (Å²) >= 11 is 0. The number of halogens is 1. The molecule has 1 aliphatic rings. The molecule has 1 N–H and O–H groups in total. The first-order valence-electron chi connectivity index (χ1n) is 13.3. The first-order chi connectivity index (χ1) is 19.1. The lowest BCUT2D eigenvalue weighted by Crippen LogP contribution is -2.49. The third-order valence-corrected chi connectivity index (χ3v) is 7.07. The molecule has 8 nitrogen and oxygen atoms in total. The number of aromatic amines is 1. The Morgan fingerprint density at radius 3 is 2.45 bits per heavy atom. The van der Waals surface area contributed by atoms with Crippen LogP contribution in [0.15, 0.2) is 59.5 Å². The van der Waals surface area contributed by atoms with Gasteiger partial charge in [0.2, 0.25) is 0 Å². The van der Waals surface area contributed by atoms with Crippen LogP contribution in [-0.4, -0.2) is 52.2 Å². The SMILES string of the molecule is CC(C)(C)Cc1ccc2c(=O)[nH]nc(Cc3ccc(F)c(C(=O)N4CCN(c5ccc(C#N)cn5)CC4)c3)c2c1. The maximum Gasteiger partial charge on any atom is 0.272 e. The van der Waals surface area contributed by atoms with Crippen LogP contribution in [0.5, 0.6) is 0 Å². The van der Waals surface area contributed by atoms with E-state index in [4.69, 9.17) is 5.26 Å². The predicted molar refractivity (Wildman–Crippen MR) is 152 cm³/mol. The highest BCUT2D eigenvalue weighted by Crippen LogP contribution is 2.25. The van der Waals surface area contributed by atoms with E-state index in [2.05, 4.69) is 42.0 Å². The molecule has 2 aromatic carbocycles. The highest BCUT2D eigenvalue weighted by atomic mass is 19.1. The largest absolute Gasteiger partial charge is 0.353 e. The summed E-state index contributed by atoms with van der Waals surface area (Å²) < 4.78 is 14.9. The molecule has 40 heavy (non-hydrogen) atoms. The monoisotopic (exact) mass is 538 g/mol. The van der Waals surface area contributed by atoms with E-state index >= 15 is 0 Å². The number of nitriles is 1. The summed E-state index contributed by atoms with van der Waals surface area (Å²) in [5.41, 5.74) is 2.84. The number of hydrogen-bond acceptors (Lipinski definition) is 6. The molecule has 0 aliphatic carbocycles. The summed E-state index contributed by atoms with van der Waals surface area (Å²) in [5.74, 6) is -0.194. The van der Waals surface area contributed by atoms with Crippen molar-refractivity contribution in [2.45, 2.75) is 33.6 Å². The molecule has 1 aliphatic heterocycles. The third kappa shape index (κ3) is 5.86. The Hall–Kier alpha value is -4.58. The van der Waals surface area contributed by atoms with Crippen LogP contribution in [0.4, 0.5) is 10.2 Å². The number of rotatable bonds is 5. The molecule has 1 amide bonds. The molecule has 204 valence electrons. The van der Waals surface area contributed by atoms with Crippen LogP contribution in [0.25, 0.3) is 10.8 Å². The van der Waals surface area contributed by atoms with E-state index in [1.807, 2.05) is 23.1 Å². The zero-order valence-electron chi connectivity index (χ0n) is 22.9. The number of carbonyl (C=O) groups excluding carboxylic acids is 1. The van der Waals surface area contributed by atoms with Gasteiger partial charge in [0, 0.05) is 44.2 Å². The molecular weight excluding hydrogens is 507 g/mol. The number of H-pyrrole nitrogens is 1. The summed E-state index contributed by atoms with van der Waals surface area (Å²) in [5, 5.41) is 17.2. The van der Waals surface area contributed by atoms with Gasteiger partial charge in [-0.05, 0) is 59.4 Å². The average Bonchev–Trinajstić information content (AvgIpc) is 2.94. The van der Waals surface area contributed by atoms with Gasteiger partial charge < -0.3 is 9.80 Å². The second-order valence-electron chi connectivity index (χ2n) is 11.4. The lowest BCUT2D eigenvalue weighted by Gasteiger charge is -2.35. The van der Waals surface area contributed by atoms with Crippen molar-refractivity contribution in [1.29, 1.82) is 5.26 Å². The normalized spacial score (nSPS) is 13.9. The maximum absolute atomic E-state index is 14.9. The number of aromatic nitrogens is 3. The molecular formula is C31H31FN6O2. The number of piperazine rings is 1. The van der Waals surface area contributed by atoms with Crippen molar-refractivity contribution in [3.05, 3.63) is 98.8 Å². The number of nitrogens with one attached hydrogen (secondary N) is 1. The first-order valence-corrected chi connectivity index (χ1v) is 13.3. The summed E-state index contributed by atoms with van der Waals surface area (Å²) in [6, 6.07) is 15.9. The second kappa shape index (κ2) is 10.9. The maximum atomic E-state index is 14.9. The topological polar surface area (TPSA) is 106 Å². The molecule has 4 aromatic rings. The van der Waals surface area contributed by atoms with E-state index in [-0.39, 0.29) is 22.4 Å². The van der Waals surface area contributed by atoms with E-state index in [1.165, 1.54) is 12.3 Å². The second-order valence-corrected chi connectivity index (χ2v) is 11.4. The Balaban J connectivity index is 1.35. The van der Waals surface area contributed by atoms with Gasteiger partial charge in [-0.15, -0.1) is 0 Å². The Kier molecular flexibility index (Phi) is 7.35. The standard InChI is InChI=1S/C31H31FN6O2/c1-31(2,3)17-21-4-7-23-24(15-21)27(35-36-29(23)39)16-20-5-8-26(32)25(14-20)30(40)38-12-10-37(11-13-38)28-9-6-22(18-33)19-34-28/h4-9,14-15,19H,10-13,16-17H2,1-3H3,(H,36,39). The van der Waals surface area contributed by atoms with Gasteiger partial charge in [0.05, 0.1) is 22.2 Å². The fourth-order valence-corrected chi connectivity index (χ4v) is 5.11. The first kappa shape index (κ1) is 27.0. The zero-order valence-corrected chi connectivity index (χ0v) is 22.9. The Morgan fingerprint density at radius 1 is 1.02 bits per heavy atom. The third-order valence-electron chi connectivity index (χ3n) is 7.07. The van der Waals surface area contributed by atoms with Crippen LogP contribution < -0.4 is 10.5 Å². The quantitative estimate of drug-likeness (QED) is 0.402. The van der Waals surface area contributed by atoms with Gasteiger partial charge in [-0.2, -0.15) is 10.4 Å². The fraction of sp³-hybridized carbons (Fsp3) is 0.323. The number of anilines is 1. The predicted octanol–water partition coefficient (Wildman–Crippen LogP) is 4.47. The fourth-order valence-electron chi connectivity index (χ4n) is 5.11. The van der Waals surface area contributed by atoms with Gasteiger partial charge in [0.1, 0.15) is 17.7 Å². The number of benzene rings is 2. The molecule has 2 aromatic heterocycles. The van der Waals surface area contributed by atoms with E-state index in [1.54, 1.807) is 29.2 Å². The van der Waals surface area contributed by atoms with Crippen molar-refractivity contribution >= 4 is 22.5 Å². The summed E-state index contributed by atoms with van der Waals surface area (Å²) in [7, 11) is 0. The van der Waals surface area contributed by atoms with E-state index < -0.39 is 5.82 Å². The van der Waals surface area contributed by atoms with Crippen LogP contribution in [-0.2, 0) is 12.8 Å². The van der Waals surface area contributed by atoms with Gasteiger partial charge in [-0.3, -0.25) is 9.59 Å². The molecule has 0 bridgehead atoms. The van der Waals surface area contributed by atoms with Crippen LogP contribution in [0.2, 0.25) is 0 Å². The highest BCUT2D eigenvalue weighted by molar-refractivity contribution is 5.95. The molecule has 0 saturated carbocycles. The Labute approximate surface area is 232 Å². The molecule has 0 spiro atoms. The number of nitrogens with zero attached hydrogens (tertiary/aromatic N) is 5. The van der Waals surface area contributed by atoms with Gasteiger partial charge >= 0.3 is 0 Å². The minimum Gasteiger partial charge on any atom is -0.353 e. The number of fused-ring (bicyclic) bond motifs is 1. The minimum absolute atomic E-state index is 0.0181. The van der Waals surface area contributed by atoms with Crippen LogP contribution in [0, 0.1) is 22.6 Å². The van der Waals surface area contributed by atoms with Gasteiger partial charge in [0.15, 0.2) is 0 Å². The van der Waals surface area contributed by atoms with Crippen LogP contribution >= 0.6 is 0 Å². The van der Waals surface area contributed by atoms with Gasteiger partial charge in [-0.25, -0.2) is 14.5 Å². The molecule has 3 heterocycles. The van der Waals surface area contributed by atoms with Crippen molar-refractivity contribution in [2.24, 2.45) is 5.41 Å². The number of amides is 1. The molecule has 0 atom stereocenters. The van der Waals surface area contributed by atoms with Crippen LogP contribution in [0.1, 0.15) is 53.5 Å². The summed E-state index contributed by atoms with van der Waals surface area (Å²) in [6.45, 7) is 8.44. The van der Waals surface area contributed by atoms with Crippen molar-refractivity contribution in [1.82, 2.24) is 20.1 Å². The summed E-state index contributed by atoms with van der Waals surface area (Å²) in [6.07, 6.45) is 2.71. The minimum atomic E-state index is -0.573. The number of pyridine rings is 1. The molecule has 0 radical (unpaired) electrons. The molecule has 9 heteroatoms. The lowest BCUT2D eigenvalue weighted by atomic mass is 9.87. The van der Waals surface area contributed by atoms with E-state index in [0.717, 1.165) is 28.8 Å². The smallest absolute Gasteiger partial charge is 0.272 e. The van der Waals surface area contributed by atoms with E-state index in [0.29, 0.717) is 49.2 Å². The molecule has 1 fully saturated rings. The Morgan fingerprint density at radius 2 is 1.77 bits per heavy atom. The lowest BCUT2D eigenvalue weighted by molar-refractivity contribution is 0.0741. The average molecular weight is 539 g/mol. The van der Waals surface area contributed by atoms with Crippen LogP contribution in [0.3, 0.4) is 0 Å². The number of hydrogen-bond donors (Lipinski definition) is 1. The molecule has 5 rings (SSSR count). The van der Waals surface area contributed by atoms with Gasteiger partial charge in [0.25, 0.3) is 11.5 Å². The number of carbonyl (C=O) groups is 1. The van der Waals surface area contributed by atoms with Crippen molar-refractivity contribution in [3.8, 4) is 6.07 Å². The van der Waals surface area contributed by atoms with Crippen molar-refractivity contribution < 1.29 is 9.18 Å².